The SMILES string of the molecule is C/C(=N/OCc1ccc2c(c1)OCO2)c1cc(-c2ccccc2)n(-c2ccc(F)cc2)c1C. The minimum Gasteiger partial charge on any atom is -0.454 e. The normalized spacial score (nSPS) is 12.8. The van der Waals surface area contributed by atoms with E-state index in [4.69, 9.17) is 14.3 Å². The van der Waals surface area contributed by atoms with Gasteiger partial charge in [0.2, 0.25) is 6.79 Å². The van der Waals surface area contributed by atoms with Crippen LogP contribution in [0.1, 0.15) is 23.7 Å². The predicted molar refractivity (Wildman–Crippen MR) is 125 cm³/mol. The molecule has 5 nitrogen and oxygen atoms in total. The van der Waals surface area contributed by atoms with Crippen LogP contribution in [-0.4, -0.2) is 17.1 Å². The summed E-state index contributed by atoms with van der Waals surface area (Å²) in [6.45, 7) is 4.51. The number of aromatic nitrogens is 1. The third kappa shape index (κ3) is 4.20. The molecule has 0 unspecified atom stereocenters. The minimum atomic E-state index is -0.264. The van der Waals surface area contributed by atoms with Crippen molar-refractivity contribution in [3.8, 4) is 28.4 Å². The Morgan fingerprint density at radius 3 is 2.52 bits per heavy atom. The average molecular weight is 442 g/mol. The summed E-state index contributed by atoms with van der Waals surface area (Å²) in [5.41, 5.74) is 6.60. The van der Waals surface area contributed by atoms with Gasteiger partial charge < -0.3 is 18.9 Å². The van der Waals surface area contributed by atoms with E-state index < -0.39 is 0 Å². The molecule has 5 rings (SSSR count). The van der Waals surface area contributed by atoms with Crippen molar-refractivity contribution in [3.05, 3.63) is 102 Å². The van der Waals surface area contributed by atoms with Gasteiger partial charge in [-0.3, -0.25) is 0 Å². The van der Waals surface area contributed by atoms with Crippen LogP contribution in [0.4, 0.5) is 4.39 Å². The molecule has 0 fully saturated rings. The molecule has 33 heavy (non-hydrogen) atoms. The van der Waals surface area contributed by atoms with Gasteiger partial charge >= 0.3 is 0 Å². The summed E-state index contributed by atoms with van der Waals surface area (Å²) in [4.78, 5) is 5.66. The number of benzene rings is 3. The molecule has 1 aliphatic rings. The van der Waals surface area contributed by atoms with Crippen LogP contribution in [0.5, 0.6) is 11.5 Å². The third-order valence-electron chi connectivity index (χ3n) is 5.66. The first-order valence-corrected chi connectivity index (χ1v) is 10.7. The Morgan fingerprint density at radius 2 is 1.73 bits per heavy atom. The molecule has 4 aromatic rings. The van der Waals surface area contributed by atoms with E-state index in [2.05, 4.69) is 27.9 Å². The quantitative estimate of drug-likeness (QED) is 0.261. The van der Waals surface area contributed by atoms with Gasteiger partial charge in [0.25, 0.3) is 0 Å². The van der Waals surface area contributed by atoms with Crippen LogP contribution in [0.3, 0.4) is 0 Å². The maximum absolute atomic E-state index is 13.6. The first kappa shape index (κ1) is 20.8. The van der Waals surface area contributed by atoms with Gasteiger partial charge in [-0.2, -0.15) is 0 Å². The molecular weight excluding hydrogens is 419 g/mol. The largest absolute Gasteiger partial charge is 0.454 e. The number of halogens is 1. The maximum atomic E-state index is 13.6. The lowest BCUT2D eigenvalue weighted by atomic mass is 10.1. The van der Waals surface area contributed by atoms with Crippen molar-refractivity contribution in [2.75, 3.05) is 6.79 Å². The Kier molecular flexibility index (Phi) is 5.57. The Hall–Kier alpha value is -4.06. The van der Waals surface area contributed by atoms with Crippen molar-refractivity contribution in [2.45, 2.75) is 20.5 Å². The van der Waals surface area contributed by atoms with Gasteiger partial charge in [0.15, 0.2) is 11.5 Å². The van der Waals surface area contributed by atoms with Crippen molar-refractivity contribution in [3.63, 3.8) is 0 Å². The average Bonchev–Trinajstić information content (AvgIpc) is 3.44. The molecule has 0 saturated heterocycles. The van der Waals surface area contributed by atoms with Crippen LogP contribution in [-0.2, 0) is 11.4 Å². The smallest absolute Gasteiger partial charge is 0.231 e. The van der Waals surface area contributed by atoms with Gasteiger partial charge in [0, 0.05) is 16.9 Å². The van der Waals surface area contributed by atoms with Gasteiger partial charge in [-0.1, -0.05) is 41.6 Å². The lowest BCUT2D eigenvalue weighted by Crippen LogP contribution is -2.02. The van der Waals surface area contributed by atoms with E-state index >= 15 is 0 Å². The van der Waals surface area contributed by atoms with Crippen molar-refractivity contribution < 1.29 is 18.7 Å². The van der Waals surface area contributed by atoms with E-state index in [1.165, 1.54) is 12.1 Å². The Bertz CT molecular complexity index is 1310. The van der Waals surface area contributed by atoms with Crippen LogP contribution in [0.2, 0.25) is 0 Å². The number of hydrogen-bond acceptors (Lipinski definition) is 4. The van der Waals surface area contributed by atoms with Gasteiger partial charge in [-0.05, 0) is 67.4 Å². The summed E-state index contributed by atoms with van der Waals surface area (Å²) in [5, 5.41) is 4.37. The fourth-order valence-electron chi connectivity index (χ4n) is 4.00. The van der Waals surface area contributed by atoms with Crippen molar-refractivity contribution in [1.82, 2.24) is 4.57 Å². The predicted octanol–water partition coefficient (Wildman–Crippen LogP) is 6.26. The van der Waals surface area contributed by atoms with Gasteiger partial charge in [-0.15, -0.1) is 0 Å². The van der Waals surface area contributed by atoms with Crippen molar-refractivity contribution in [1.29, 1.82) is 0 Å². The van der Waals surface area contributed by atoms with E-state index in [1.807, 2.05) is 50.2 Å². The van der Waals surface area contributed by atoms with E-state index in [9.17, 15) is 4.39 Å². The molecular formula is C27H23FN2O3. The fourth-order valence-corrected chi connectivity index (χ4v) is 4.00. The second-order valence-corrected chi connectivity index (χ2v) is 7.84. The zero-order valence-corrected chi connectivity index (χ0v) is 18.4. The minimum absolute atomic E-state index is 0.241. The van der Waals surface area contributed by atoms with E-state index in [0.717, 1.165) is 51.0 Å². The van der Waals surface area contributed by atoms with Crippen LogP contribution >= 0.6 is 0 Å². The van der Waals surface area contributed by atoms with Crippen molar-refractivity contribution >= 4 is 5.71 Å². The zero-order chi connectivity index (χ0) is 22.8. The first-order chi connectivity index (χ1) is 16.1. The van der Waals surface area contributed by atoms with Gasteiger partial charge in [0.1, 0.15) is 12.4 Å². The van der Waals surface area contributed by atoms with Crippen LogP contribution in [0.15, 0.2) is 84.0 Å². The highest BCUT2D eigenvalue weighted by Gasteiger charge is 2.17. The van der Waals surface area contributed by atoms with E-state index in [-0.39, 0.29) is 12.6 Å². The Balaban J connectivity index is 1.45. The molecule has 1 aromatic heterocycles. The molecule has 0 bridgehead atoms. The number of fused-ring (bicyclic) bond motifs is 1. The number of ether oxygens (including phenoxy) is 2. The third-order valence-corrected chi connectivity index (χ3v) is 5.66. The lowest BCUT2D eigenvalue weighted by molar-refractivity contribution is 0.130. The van der Waals surface area contributed by atoms with E-state index in [1.54, 1.807) is 12.1 Å². The number of oxime groups is 1. The summed E-state index contributed by atoms with van der Waals surface area (Å²) >= 11 is 0. The summed E-state index contributed by atoms with van der Waals surface area (Å²) in [6.07, 6.45) is 0. The topological polar surface area (TPSA) is 45.0 Å². The fraction of sp³-hybridized carbons (Fsp3) is 0.148. The molecule has 0 amide bonds. The lowest BCUT2D eigenvalue weighted by Gasteiger charge is -2.12. The first-order valence-electron chi connectivity index (χ1n) is 10.7. The second-order valence-electron chi connectivity index (χ2n) is 7.84. The molecule has 0 N–H and O–H groups in total. The molecule has 0 atom stereocenters. The van der Waals surface area contributed by atoms with Gasteiger partial charge in [-0.25, -0.2) is 4.39 Å². The maximum Gasteiger partial charge on any atom is 0.231 e. The molecule has 3 aromatic carbocycles. The van der Waals surface area contributed by atoms with E-state index in [0.29, 0.717) is 6.61 Å². The molecule has 1 aliphatic heterocycles. The summed E-state index contributed by atoms with van der Waals surface area (Å²) in [7, 11) is 0. The number of nitrogens with zero attached hydrogens (tertiary/aromatic N) is 2. The Morgan fingerprint density at radius 1 is 0.970 bits per heavy atom. The molecule has 166 valence electrons. The monoisotopic (exact) mass is 442 g/mol. The molecule has 0 saturated carbocycles. The summed E-state index contributed by atoms with van der Waals surface area (Å²) in [6, 6.07) is 24.4. The molecule has 0 aliphatic carbocycles. The highest BCUT2D eigenvalue weighted by Crippen LogP contribution is 2.33. The molecule has 2 heterocycles. The van der Waals surface area contributed by atoms with Crippen molar-refractivity contribution in [2.24, 2.45) is 5.16 Å². The number of rotatable bonds is 6. The highest BCUT2D eigenvalue weighted by molar-refractivity contribution is 6.01. The summed E-state index contributed by atoms with van der Waals surface area (Å²) in [5.74, 6) is 1.20. The van der Waals surface area contributed by atoms with Crippen LogP contribution in [0, 0.1) is 12.7 Å². The molecule has 0 radical (unpaired) electrons. The number of hydrogen-bond donors (Lipinski definition) is 0. The van der Waals surface area contributed by atoms with Crippen LogP contribution in [0.25, 0.3) is 16.9 Å². The van der Waals surface area contributed by atoms with Gasteiger partial charge in [0.05, 0.1) is 11.4 Å². The zero-order valence-electron chi connectivity index (χ0n) is 18.4. The standard InChI is InChI=1S/C27H23FN2O3/c1-18(29-33-16-20-8-13-26-27(14-20)32-17-31-26)24-15-25(21-6-4-3-5-7-21)30(19(24)2)23-11-9-22(28)10-12-23/h3-15H,16-17H2,1-2H3/b29-18-. The summed E-state index contributed by atoms with van der Waals surface area (Å²) < 4.78 is 26.4. The molecule has 0 spiro atoms. The Labute approximate surface area is 191 Å². The highest BCUT2D eigenvalue weighted by atomic mass is 19.1. The second kappa shape index (κ2) is 8.82. The van der Waals surface area contributed by atoms with Crippen LogP contribution < -0.4 is 9.47 Å². The molecule has 6 heteroatoms.